The Kier molecular flexibility index (Phi) is 5.10. The summed E-state index contributed by atoms with van der Waals surface area (Å²) in [6.45, 7) is 4.28. The van der Waals surface area contributed by atoms with Crippen molar-refractivity contribution in [2.24, 2.45) is 0 Å². The highest BCUT2D eigenvalue weighted by Gasteiger charge is 2.04. The zero-order chi connectivity index (χ0) is 13.7. The lowest BCUT2D eigenvalue weighted by Gasteiger charge is -2.09. The van der Waals surface area contributed by atoms with E-state index in [9.17, 15) is 4.39 Å². The molecule has 2 aromatic rings. The van der Waals surface area contributed by atoms with Gasteiger partial charge in [0.15, 0.2) is 0 Å². The summed E-state index contributed by atoms with van der Waals surface area (Å²) in [4.78, 5) is 4.14. The highest BCUT2D eigenvalue weighted by molar-refractivity contribution is 9.10. The van der Waals surface area contributed by atoms with Gasteiger partial charge >= 0.3 is 0 Å². The number of rotatable bonds is 6. The average molecular weight is 326 g/mol. The van der Waals surface area contributed by atoms with E-state index in [0.29, 0.717) is 18.7 Å². The molecule has 0 aliphatic rings. The van der Waals surface area contributed by atoms with Gasteiger partial charge in [0.25, 0.3) is 0 Å². The van der Waals surface area contributed by atoms with Gasteiger partial charge in [-0.15, -0.1) is 0 Å². The molecule has 0 amide bonds. The van der Waals surface area contributed by atoms with Crippen LogP contribution in [0.5, 0.6) is 0 Å². The van der Waals surface area contributed by atoms with Crippen LogP contribution < -0.4 is 5.32 Å². The van der Waals surface area contributed by atoms with E-state index >= 15 is 0 Å². The van der Waals surface area contributed by atoms with Crippen LogP contribution in [0.4, 0.5) is 4.39 Å². The predicted octanol–water partition coefficient (Wildman–Crippen LogP) is 3.48. The maximum atomic E-state index is 13.6. The van der Waals surface area contributed by atoms with Crippen LogP contribution in [0.25, 0.3) is 0 Å². The molecule has 1 N–H and O–H groups in total. The third-order valence-electron chi connectivity index (χ3n) is 2.89. The first-order chi connectivity index (χ1) is 9.20. The molecule has 0 atom stereocenters. The third-order valence-corrected chi connectivity index (χ3v) is 3.39. The fraction of sp³-hybridized carbons (Fsp3) is 0.357. The Hall–Kier alpha value is -1.20. The second kappa shape index (κ2) is 6.82. The van der Waals surface area contributed by atoms with Crippen LogP contribution in [0, 0.1) is 5.82 Å². The quantitative estimate of drug-likeness (QED) is 0.881. The molecule has 1 aromatic carbocycles. The third kappa shape index (κ3) is 3.88. The minimum absolute atomic E-state index is 0.183. The maximum Gasteiger partial charge on any atom is 0.127 e. The van der Waals surface area contributed by atoms with Gasteiger partial charge in [0, 0.05) is 35.9 Å². The van der Waals surface area contributed by atoms with Crippen LogP contribution >= 0.6 is 15.9 Å². The number of imidazole rings is 1. The normalized spacial score (nSPS) is 10.9. The van der Waals surface area contributed by atoms with Crippen molar-refractivity contribution in [2.75, 3.05) is 0 Å². The van der Waals surface area contributed by atoms with Crippen LogP contribution in [-0.4, -0.2) is 9.55 Å². The van der Waals surface area contributed by atoms with Crippen LogP contribution in [0.2, 0.25) is 0 Å². The van der Waals surface area contributed by atoms with E-state index in [0.717, 1.165) is 23.1 Å². The lowest BCUT2D eigenvalue weighted by molar-refractivity contribution is 0.570. The van der Waals surface area contributed by atoms with E-state index in [1.165, 1.54) is 6.07 Å². The first-order valence-electron chi connectivity index (χ1n) is 6.34. The predicted molar refractivity (Wildman–Crippen MR) is 77.2 cm³/mol. The number of nitrogens with zero attached hydrogens (tertiary/aromatic N) is 2. The molecule has 0 fully saturated rings. The number of hydrogen-bond acceptors (Lipinski definition) is 2. The topological polar surface area (TPSA) is 29.9 Å². The molecule has 0 aliphatic carbocycles. The summed E-state index contributed by atoms with van der Waals surface area (Å²) in [5.74, 6) is -0.183. The van der Waals surface area contributed by atoms with Gasteiger partial charge < -0.3 is 9.88 Å². The fourth-order valence-corrected chi connectivity index (χ4v) is 2.35. The molecule has 0 aliphatic heterocycles. The van der Waals surface area contributed by atoms with Crippen LogP contribution in [0.3, 0.4) is 0 Å². The number of aromatic nitrogens is 2. The molecular weight excluding hydrogens is 309 g/mol. The number of aryl methyl sites for hydroxylation is 1. The summed E-state index contributed by atoms with van der Waals surface area (Å²) in [6, 6.07) is 4.98. The van der Waals surface area contributed by atoms with E-state index in [-0.39, 0.29) is 5.82 Å². The largest absolute Gasteiger partial charge is 0.333 e. The number of benzene rings is 1. The Morgan fingerprint density at radius 1 is 1.37 bits per heavy atom. The fourth-order valence-electron chi connectivity index (χ4n) is 1.94. The van der Waals surface area contributed by atoms with Gasteiger partial charge in [-0.2, -0.15) is 0 Å². The Balaban J connectivity index is 1.92. The molecule has 0 bridgehead atoms. The van der Waals surface area contributed by atoms with Crippen molar-refractivity contribution in [3.8, 4) is 0 Å². The molecule has 0 unspecified atom stereocenters. The van der Waals surface area contributed by atoms with Gasteiger partial charge in [-0.25, -0.2) is 9.37 Å². The van der Waals surface area contributed by atoms with Crippen LogP contribution in [-0.2, 0) is 19.6 Å². The van der Waals surface area contributed by atoms with Crippen LogP contribution in [0.15, 0.2) is 35.2 Å². The van der Waals surface area contributed by atoms with Gasteiger partial charge in [0.1, 0.15) is 5.82 Å². The Labute approximate surface area is 121 Å². The molecule has 3 nitrogen and oxygen atoms in total. The Morgan fingerprint density at radius 3 is 3.00 bits per heavy atom. The maximum absolute atomic E-state index is 13.6. The van der Waals surface area contributed by atoms with Gasteiger partial charge in [-0.3, -0.25) is 0 Å². The summed E-state index contributed by atoms with van der Waals surface area (Å²) in [6.07, 6.45) is 4.75. The summed E-state index contributed by atoms with van der Waals surface area (Å²) in [5.41, 5.74) is 1.79. The zero-order valence-electron chi connectivity index (χ0n) is 10.9. The Bertz CT molecular complexity index is 539. The van der Waals surface area contributed by atoms with E-state index in [2.05, 4.69) is 37.7 Å². The molecule has 2 rings (SSSR count). The van der Waals surface area contributed by atoms with Crippen molar-refractivity contribution in [2.45, 2.75) is 33.0 Å². The molecule has 1 aromatic heterocycles. The van der Waals surface area contributed by atoms with Crippen molar-refractivity contribution < 1.29 is 4.39 Å². The van der Waals surface area contributed by atoms with Crippen molar-refractivity contribution in [3.05, 3.63) is 52.3 Å². The molecule has 0 spiro atoms. The molecule has 1 heterocycles. The minimum atomic E-state index is -0.183. The molecule has 19 heavy (non-hydrogen) atoms. The standard InChI is InChI=1S/C14H17BrFN3/c1-2-5-19-10-18-9-13(19)8-17-7-11-6-12(15)3-4-14(11)16/h3-4,6,9-10,17H,2,5,7-8H2,1H3. The summed E-state index contributed by atoms with van der Waals surface area (Å²) >= 11 is 3.35. The first kappa shape index (κ1) is 14.2. The second-order valence-electron chi connectivity index (χ2n) is 4.42. The van der Waals surface area contributed by atoms with Gasteiger partial charge in [-0.1, -0.05) is 22.9 Å². The van der Waals surface area contributed by atoms with Crippen LogP contribution in [0.1, 0.15) is 24.6 Å². The van der Waals surface area contributed by atoms with E-state index in [4.69, 9.17) is 0 Å². The molecule has 0 saturated carbocycles. The minimum Gasteiger partial charge on any atom is -0.333 e. The lowest BCUT2D eigenvalue weighted by atomic mass is 10.2. The van der Waals surface area contributed by atoms with Crippen molar-refractivity contribution in [1.82, 2.24) is 14.9 Å². The molecule has 0 radical (unpaired) electrons. The van der Waals surface area contributed by atoms with Crippen molar-refractivity contribution in [1.29, 1.82) is 0 Å². The highest BCUT2D eigenvalue weighted by Crippen LogP contribution is 2.15. The SMILES string of the molecule is CCCn1cncc1CNCc1cc(Br)ccc1F. The van der Waals surface area contributed by atoms with E-state index in [1.807, 2.05) is 12.5 Å². The number of nitrogens with one attached hydrogen (secondary N) is 1. The van der Waals surface area contributed by atoms with E-state index in [1.54, 1.807) is 12.1 Å². The Morgan fingerprint density at radius 2 is 2.21 bits per heavy atom. The van der Waals surface area contributed by atoms with Crippen molar-refractivity contribution in [3.63, 3.8) is 0 Å². The second-order valence-corrected chi connectivity index (χ2v) is 5.33. The number of hydrogen-bond donors (Lipinski definition) is 1. The molecule has 5 heteroatoms. The number of halogens is 2. The van der Waals surface area contributed by atoms with Gasteiger partial charge in [0.05, 0.1) is 12.0 Å². The van der Waals surface area contributed by atoms with Crippen molar-refractivity contribution >= 4 is 15.9 Å². The highest BCUT2D eigenvalue weighted by atomic mass is 79.9. The molecular formula is C14H17BrFN3. The summed E-state index contributed by atoms with van der Waals surface area (Å²) < 4.78 is 16.6. The average Bonchev–Trinajstić information content (AvgIpc) is 2.82. The monoisotopic (exact) mass is 325 g/mol. The smallest absolute Gasteiger partial charge is 0.127 e. The molecule has 102 valence electrons. The zero-order valence-corrected chi connectivity index (χ0v) is 12.5. The molecule has 0 saturated heterocycles. The van der Waals surface area contributed by atoms with Gasteiger partial charge in [-0.05, 0) is 24.6 Å². The summed E-state index contributed by atoms with van der Waals surface area (Å²) in [7, 11) is 0. The van der Waals surface area contributed by atoms with E-state index < -0.39 is 0 Å². The lowest BCUT2D eigenvalue weighted by Crippen LogP contribution is -2.16. The summed E-state index contributed by atoms with van der Waals surface area (Å²) in [5, 5.41) is 3.25. The first-order valence-corrected chi connectivity index (χ1v) is 7.13. The van der Waals surface area contributed by atoms with Gasteiger partial charge in [0.2, 0.25) is 0 Å².